The van der Waals surface area contributed by atoms with Gasteiger partial charge in [-0.15, -0.1) is 10.2 Å². The Morgan fingerprint density at radius 3 is 2.62 bits per heavy atom. The lowest BCUT2D eigenvalue weighted by Gasteiger charge is -2.08. The third-order valence-electron chi connectivity index (χ3n) is 3.40. The summed E-state index contributed by atoms with van der Waals surface area (Å²) >= 11 is 0.883. The fourth-order valence-corrected chi connectivity index (χ4v) is 2.91. The lowest BCUT2D eigenvalue weighted by atomic mass is 10.3. The van der Waals surface area contributed by atoms with Crippen molar-refractivity contribution in [2.24, 2.45) is 14.1 Å². The maximum atomic E-state index is 12.1. The van der Waals surface area contributed by atoms with Crippen molar-refractivity contribution >= 4 is 11.8 Å². The molecule has 0 N–H and O–H groups in total. The van der Waals surface area contributed by atoms with Crippen LogP contribution in [0.25, 0.3) is 11.5 Å². The molecule has 0 aliphatic heterocycles. The summed E-state index contributed by atoms with van der Waals surface area (Å²) in [5.74, 6) is 0.866. The van der Waals surface area contributed by atoms with Gasteiger partial charge in [-0.1, -0.05) is 0 Å². The highest BCUT2D eigenvalue weighted by Crippen LogP contribution is 2.30. The van der Waals surface area contributed by atoms with Crippen LogP contribution in [0, 0.1) is 18.3 Å². The molecule has 0 aromatic carbocycles. The summed E-state index contributed by atoms with van der Waals surface area (Å²) in [6.45, 7) is 1.75. The minimum Gasteiger partial charge on any atom is -0.469 e. The molecule has 0 unspecified atom stereocenters. The molecule has 0 radical (unpaired) electrons. The maximum Gasteiger partial charge on any atom is 0.331 e. The van der Waals surface area contributed by atoms with Crippen LogP contribution in [-0.2, 0) is 14.1 Å². The average molecular weight is 345 g/mol. The van der Waals surface area contributed by atoms with E-state index in [9.17, 15) is 14.9 Å². The Morgan fingerprint density at radius 2 is 2.00 bits per heavy atom. The summed E-state index contributed by atoms with van der Waals surface area (Å²) in [7, 11) is 2.77. The average Bonchev–Trinajstić information content (AvgIpc) is 3.19. The van der Waals surface area contributed by atoms with Crippen LogP contribution >= 0.6 is 11.8 Å². The number of nitrogens with zero attached hydrogens (tertiary/aromatic N) is 5. The molecule has 122 valence electrons. The SMILES string of the molecule is Cc1occc1-c1nnc(Sc2c(C#N)c(=O)n(C)c(=O)n2C)o1. The van der Waals surface area contributed by atoms with Crippen molar-refractivity contribution in [1.29, 1.82) is 5.26 Å². The van der Waals surface area contributed by atoms with Gasteiger partial charge in [0.25, 0.3) is 16.7 Å². The monoisotopic (exact) mass is 345 g/mol. The van der Waals surface area contributed by atoms with Gasteiger partial charge in [-0.25, -0.2) is 4.79 Å². The van der Waals surface area contributed by atoms with E-state index >= 15 is 0 Å². The van der Waals surface area contributed by atoms with Gasteiger partial charge in [-0.2, -0.15) is 5.26 Å². The molecule has 0 aliphatic rings. The first-order valence-corrected chi connectivity index (χ1v) is 7.51. The molecule has 24 heavy (non-hydrogen) atoms. The van der Waals surface area contributed by atoms with Crippen LogP contribution in [0.5, 0.6) is 0 Å². The molecule has 3 rings (SSSR count). The van der Waals surface area contributed by atoms with E-state index in [1.165, 1.54) is 24.9 Å². The van der Waals surface area contributed by atoms with Crippen molar-refractivity contribution in [3.63, 3.8) is 0 Å². The second-order valence-electron chi connectivity index (χ2n) is 4.86. The predicted molar refractivity (Wildman–Crippen MR) is 82.5 cm³/mol. The molecule has 0 saturated carbocycles. The molecule has 3 heterocycles. The first kappa shape index (κ1) is 15.8. The molecule has 10 heteroatoms. The molecule has 0 fully saturated rings. The smallest absolute Gasteiger partial charge is 0.331 e. The molecular formula is C14H11N5O4S. The Labute approximate surface area is 139 Å². The van der Waals surface area contributed by atoms with Crippen molar-refractivity contribution in [3.05, 3.63) is 44.5 Å². The highest BCUT2D eigenvalue weighted by molar-refractivity contribution is 7.99. The third-order valence-corrected chi connectivity index (χ3v) is 4.41. The van der Waals surface area contributed by atoms with Crippen LogP contribution < -0.4 is 11.2 Å². The topological polar surface area (TPSA) is 120 Å². The van der Waals surface area contributed by atoms with E-state index in [-0.39, 0.29) is 21.7 Å². The van der Waals surface area contributed by atoms with E-state index in [1.54, 1.807) is 13.0 Å². The van der Waals surface area contributed by atoms with Gasteiger partial charge in [0.1, 0.15) is 22.4 Å². The van der Waals surface area contributed by atoms with E-state index in [0.717, 1.165) is 16.3 Å². The number of aromatic nitrogens is 4. The summed E-state index contributed by atoms with van der Waals surface area (Å²) in [4.78, 5) is 24.1. The van der Waals surface area contributed by atoms with Crippen LogP contribution in [0.1, 0.15) is 11.3 Å². The molecule has 0 aliphatic carbocycles. The van der Waals surface area contributed by atoms with E-state index in [1.807, 2.05) is 6.07 Å². The largest absolute Gasteiger partial charge is 0.469 e. The Bertz CT molecular complexity index is 1080. The van der Waals surface area contributed by atoms with Crippen LogP contribution in [-0.4, -0.2) is 19.3 Å². The van der Waals surface area contributed by atoms with Crippen molar-refractivity contribution in [3.8, 4) is 17.5 Å². The van der Waals surface area contributed by atoms with E-state index in [0.29, 0.717) is 11.3 Å². The van der Waals surface area contributed by atoms with Gasteiger partial charge in [-0.05, 0) is 24.8 Å². The number of rotatable bonds is 3. The number of hydrogen-bond acceptors (Lipinski definition) is 8. The predicted octanol–water partition coefficient (Wildman–Crippen LogP) is 1.06. The highest BCUT2D eigenvalue weighted by atomic mass is 32.2. The third kappa shape index (κ3) is 2.44. The van der Waals surface area contributed by atoms with Crippen molar-refractivity contribution in [1.82, 2.24) is 19.3 Å². The normalized spacial score (nSPS) is 10.8. The fraction of sp³-hybridized carbons (Fsp3) is 0.214. The molecule has 0 atom stereocenters. The van der Waals surface area contributed by atoms with E-state index in [2.05, 4.69) is 10.2 Å². The summed E-state index contributed by atoms with van der Waals surface area (Å²) in [5.41, 5.74) is -0.739. The highest BCUT2D eigenvalue weighted by Gasteiger charge is 2.20. The lowest BCUT2D eigenvalue weighted by molar-refractivity contribution is 0.462. The van der Waals surface area contributed by atoms with Crippen LogP contribution in [0.2, 0.25) is 0 Å². The fourth-order valence-electron chi connectivity index (χ4n) is 2.09. The van der Waals surface area contributed by atoms with Gasteiger partial charge >= 0.3 is 5.69 Å². The van der Waals surface area contributed by atoms with Crippen LogP contribution in [0.3, 0.4) is 0 Å². The maximum absolute atomic E-state index is 12.1. The Hall–Kier alpha value is -3.06. The van der Waals surface area contributed by atoms with Crippen LogP contribution in [0.4, 0.5) is 0 Å². The molecule has 9 nitrogen and oxygen atoms in total. The summed E-state index contributed by atoms with van der Waals surface area (Å²) in [6, 6.07) is 3.50. The summed E-state index contributed by atoms with van der Waals surface area (Å²) in [5, 5.41) is 17.3. The van der Waals surface area contributed by atoms with Gasteiger partial charge in [0.2, 0.25) is 0 Å². The summed E-state index contributed by atoms with van der Waals surface area (Å²) < 4.78 is 12.8. The van der Waals surface area contributed by atoms with E-state index < -0.39 is 11.2 Å². The zero-order valence-corrected chi connectivity index (χ0v) is 13.7. The van der Waals surface area contributed by atoms with Crippen molar-refractivity contribution < 1.29 is 8.83 Å². The van der Waals surface area contributed by atoms with E-state index in [4.69, 9.17) is 8.83 Å². The van der Waals surface area contributed by atoms with Crippen molar-refractivity contribution in [2.45, 2.75) is 17.2 Å². The second-order valence-corrected chi connectivity index (χ2v) is 5.80. The molecule has 0 spiro atoms. The number of furan rings is 1. The molecule has 0 bridgehead atoms. The minimum atomic E-state index is -0.673. The first-order chi connectivity index (χ1) is 11.4. The molecule has 3 aromatic heterocycles. The van der Waals surface area contributed by atoms with Gasteiger partial charge in [0.15, 0.2) is 0 Å². The second kappa shape index (κ2) is 5.86. The molecule has 0 saturated heterocycles. The van der Waals surface area contributed by atoms with Crippen LogP contribution in [0.15, 0.2) is 41.0 Å². The van der Waals surface area contributed by atoms with Gasteiger partial charge in [0, 0.05) is 14.1 Å². The molecule has 0 amide bonds. The van der Waals surface area contributed by atoms with Gasteiger partial charge < -0.3 is 8.83 Å². The van der Waals surface area contributed by atoms with Crippen molar-refractivity contribution in [2.75, 3.05) is 0 Å². The quantitative estimate of drug-likeness (QED) is 0.646. The molecule has 3 aromatic rings. The Kier molecular flexibility index (Phi) is 3.86. The standard InChI is InChI=1S/C14H11N5O4S/c1-7-8(4-5-22-7)10-16-17-13(23-10)24-12-9(6-15)11(20)18(2)14(21)19(12)3/h4-5H,1-3H3. The minimum absolute atomic E-state index is 0.102. The lowest BCUT2D eigenvalue weighted by Crippen LogP contribution is -2.39. The number of nitriles is 1. The Balaban J connectivity index is 2.06. The zero-order valence-electron chi connectivity index (χ0n) is 12.9. The number of aryl methyl sites for hydroxylation is 1. The zero-order chi connectivity index (χ0) is 17.4. The Morgan fingerprint density at radius 1 is 1.25 bits per heavy atom. The van der Waals surface area contributed by atoms with Gasteiger partial charge in [0.05, 0.1) is 11.8 Å². The first-order valence-electron chi connectivity index (χ1n) is 6.70. The summed E-state index contributed by atoms with van der Waals surface area (Å²) in [6.07, 6.45) is 1.50. The van der Waals surface area contributed by atoms with Gasteiger partial charge in [-0.3, -0.25) is 13.9 Å². The number of hydrogen-bond donors (Lipinski definition) is 0. The molecular weight excluding hydrogens is 334 g/mol.